The first-order chi connectivity index (χ1) is 7.42. The Kier molecular flexibility index (Phi) is 4.21. The summed E-state index contributed by atoms with van der Waals surface area (Å²) in [7, 11) is -0.157. The maximum absolute atomic E-state index is 5.92. The highest BCUT2D eigenvalue weighted by atomic mass is 16.7. The van der Waals surface area contributed by atoms with Gasteiger partial charge in [0, 0.05) is 13.1 Å². The molecule has 0 aromatic rings. The second-order valence-corrected chi connectivity index (χ2v) is 5.00. The van der Waals surface area contributed by atoms with Crippen molar-refractivity contribution in [3.05, 3.63) is 11.5 Å². The lowest BCUT2D eigenvalue weighted by Crippen LogP contribution is -2.41. The third-order valence-corrected chi connectivity index (χ3v) is 3.39. The van der Waals surface area contributed by atoms with E-state index < -0.39 is 0 Å². The van der Waals surface area contributed by atoms with Gasteiger partial charge in [-0.15, -0.1) is 0 Å². The molecule has 0 atom stereocenters. The first kappa shape index (κ1) is 13.7. The average molecular weight is 225 g/mol. The smallest absolute Gasteiger partial charge is 0.400 e. The van der Waals surface area contributed by atoms with Crippen LogP contribution < -0.4 is 5.32 Å². The summed E-state index contributed by atoms with van der Waals surface area (Å²) in [5.74, 6) is 0. The molecule has 1 N–H and O–H groups in total. The summed E-state index contributed by atoms with van der Waals surface area (Å²) < 4.78 is 11.8. The standard InChI is InChI=1S/C10H18BNO2.C2H6/c1-9(2)10(3,4)14-11(13-9)8-5-6-12-7-8;1-2/h5,12H,6-7H2,1-4H3;1-2H3. The monoisotopic (exact) mass is 225 g/mol. The van der Waals surface area contributed by atoms with Crippen LogP contribution in [-0.2, 0) is 9.31 Å². The predicted molar refractivity (Wildman–Crippen MR) is 68.4 cm³/mol. The molecule has 1 fully saturated rings. The van der Waals surface area contributed by atoms with Crippen LogP contribution in [0.1, 0.15) is 41.5 Å². The molecule has 92 valence electrons. The summed E-state index contributed by atoms with van der Waals surface area (Å²) in [4.78, 5) is 0. The summed E-state index contributed by atoms with van der Waals surface area (Å²) >= 11 is 0. The van der Waals surface area contributed by atoms with Gasteiger partial charge < -0.3 is 14.6 Å². The van der Waals surface area contributed by atoms with Crippen LogP contribution in [0, 0.1) is 0 Å². The maximum atomic E-state index is 5.92. The number of rotatable bonds is 1. The van der Waals surface area contributed by atoms with Crippen molar-refractivity contribution in [1.82, 2.24) is 5.32 Å². The number of hydrogen-bond donors (Lipinski definition) is 1. The minimum Gasteiger partial charge on any atom is -0.400 e. The van der Waals surface area contributed by atoms with Crippen molar-refractivity contribution in [3.8, 4) is 0 Å². The molecule has 0 radical (unpaired) electrons. The Labute approximate surface area is 99.7 Å². The molecule has 0 aromatic carbocycles. The first-order valence-electron chi connectivity index (χ1n) is 6.18. The molecule has 4 heteroatoms. The largest absolute Gasteiger partial charge is 0.491 e. The minimum absolute atomic E-state index is 0.157. The predicted octanol–water partition coefficient (Wildman–Crippen LogP) is 2.17. The lowest BCUT2D eigenvalue weighted by atomic mass is 9.79. The van der Waals surface area contributed by atoms with Gasteiger partial charge in [-0.25, -0.2) is 0 Å². The maximum Gasteiger partial charge on any atom is 0.491 e. The molecular weight excluding hydrogens is 201 g/mol. The Bertz CT molecular complexity index is 258. The molecule has 2 aliphatic rings. The molecule has 1 saturated heterocycles. The van der Waals surface area contributed by atoms with Crippen LogP contribution >= 0.6 is 0 Å². The zero-order chi connectivity index (χ0) is 12.4. The number of hydrogen-bond acceptors (Lipinski definition) is 3. The van der Waals surface area contributed by atoms with Crippen molar-refractivity contribution in [1.29, 1.82) is 0 Å². The van der Waals surface area contributed by atoms with Crippen molar-refractivity contribution in [2.45, 2.75) is 52.7 Å². The summed E-state index contributed by atoms with van der Waals surface area (Å²) in [5.41, 5.74) is 0.783. The topological polar surface area (TPSA) is 30.5 Å². The minimum atomic E-state index is -0.221. The molecule has 0 amide bonds. The molecule has 0 aliphatic carbocycles. The fraction of sp³-hybridized carbons (Fsp3) is 0.833. The first-order valence-corrected chi connectivity index (χ1v) is 6.18. The normalized spacial score (nSPS) is 26.1. The molecule has 0 spiro atoms. The van der Waals surface area contributed by atoms with E-state index in [0.29, 0.717) is 0 Å². The van der Waals surface area contributed by atoms with Gasteiger partial charge in [0.25, 0.3) is 0 Å². The Hall–Kier alpha value is -0.315. The van der Waals surface area contributed by atoms with Gasteiger partial charge in [-0.1, -0.05) is 19.9 Å². The van der Waals surface area contributed by atoms with Crippen LogP contribution in [0.5, 0.6) is 0 Å². The van der Waals surface area contributed by atoms with Gasteiger partial charge in [0.15, 0.2) is 0 Å². The van der Waals surface area contributed by atoms with Crippen LogP contribution in [0.2, 0.25) is 0 Å². The van der Waals surface area contributed by atoms with Crippen LogP contribution in [-0.4, -0.2) is 31.4 Å². The molecule has 2 rings (SSSR count). The molecule has 2 heterocycles. The van der Waals surface area contributed by atoms with E-state index in [-0.39, 0.29) is 18.3 Å². The summed E-state index contributed by atoms with van der Waals surface area (Å²) in [6.07, 6.45) is 2.15. The molecule has 2 aliphatic heterocycles. The number of nitrogens with one attached hydrogen (secondary N) is 1. The second-order valence-electron chi connectivity index (χ2n) is 5.00. The molecular formula is C12H24BNO2. The summed E-state index contributed by atoms with van der Waals surface area (Å²) in [5, 5.41) is 3.25. The third kappa shape index (κ3) is 2.50. The molecule has 0 unspecified atom stereocenters. The van der Waals surface area contributed by atoms with Gasteiger partial charge in [-0.3, -0.25) is 0 Å². The van der Waals surface area contributed by atoms with E-state index in [9.17, 15) is 0 Å². The Morgan fingerprint density at radius 2 is 1.62 bits per heavy atom. The highest BCUT2D eigenvalue weighted by molar-refractivity contribution is 6.54. The quantitative estimate of drug-likeness (QED) is 0.694. The molecule has 3 nitrogen and oxygen atoms in total. The Balaban J connectivity index is 0.000000606. The van der Waals surface area contributed by atoms with Crippen LogP contribution in [0.4, 0.5) is 0 Å². The van der Waals surface area contributed by atoms with Gasteiger partial charge in [-0.2, -0.15) is 0 Å². The van der Waals surface area contributed by atoms with E-state index in [1.165, 1.54) is 5.47 Å². The third-order valence-electron chi connectivity index (χ3n) is 3.39. The van der Waals surface area contributed by atoms with Gasteiger partial charge >= 0.3 is 7.12 Å². The van der Waals surface area contributed by atoms with E-state index >= 15 is 0 Å². The zero-order valence-corrected chi connectivity index (χ0v) is 11.4. The molecule has 16 heavy (non-hydrogen) atoms. The SMILES string of the molecule is CC.CC1(C)OB(C2=CCNC2)OC1(C)C. The van der Waals surface area contributed by atoms with E-state index in [2.05, 4.69) is 39.1 Å². The van der Waals surface area contributed by atoms with Crippen LogP contribution in [0.25, 0.3) is 0 Å². The molecule has 0 bridgehead atoms. The van der Waals surface area contributed by atoms with Crippen molar-refractivity contribution in [2.75, 3.05) is 13.1 Å². The van der Waals surface area contributed by atoms with Crippen molar-refractivity contribution in [2.24, 2.45) is 0 Å². The lowest BCUT2D eigenvalue weighted by Gasteiger charge is -2.32. The highest BCUT2D eigenvalue weighted by Crippen LogP contribution is 2.38. The van der Waals surface area contributed by atoms with Crippen molar-refractivity contribution in [3.63, 3.8) is 0 Å². The van der Waals surface area contributed by atoms with Gasteiger partial charge in [0.1, 0.15) is 0 Å². The fourth-order valence-corrected chi connectivity index (χ4v) is 1.67. The lowest BCUT2D eigenvalue weighted by molar-refractivity contribution is 0.00578. The van der Waals surface area contributed by atoms with Crippen LogP contribution in [0.3, 0.4) is 0 Å². The molecule has 0 aromatic heterocycles. The van der Waals surface area contributed by atoms with Gasteiger partial charge in [0.05, 0.1) is 11.2 Å². The summed E-state index contributed by atoms with van der Waals surface area (Å²) in [6, 6.07) is 0. The summed E-state index contributed by atoms with van der Waals surface area (Å²) in [6.45, 7) is 14.1. The Morgan fingerprint density at radius 3 is 2.00 bits per heavy atom. The van der Waals surface area contributed by atoms with Crippen LogP contribution in [0.15, 0.2) is 11.5 Å². The fourth-order valence-electron chi connectivity index (χ4n) is 1.67. The van der Waals surface area contributed by atoms with E-state index in [0.717, 1.165) is 13.1 Å². The van der Waals surface area contributed by atoms with E-state index in [4.69, 9.17) is 9.31 Å². The van der Waals surface area contributed by atoms with Gasteiger partial charge in [0.2, 0.25) is 0 Å². The second kappa shape index (κ2) is 4.90. The van der Waals surface area contributed by atoms with Crippen molar-refractivity contribution < 1.29 is 9.31 Å². The molecule has 0 saturated carbocycles. The Morgan fingerprint density at radius 1 is 1.12 bits per heavy atom. The highest BCUT2D eigenvalue weighted by Gasteiger charge is 2.52. The van der Waals surface area contributed by atoms with E-state index in [1.807, 2.05) is 13.8 Å². The van der Waals surface area contributed by atoms with Gasteiger partial charge in [-0.05, 0) is 33.2 Å². The van der Waals surface area contributed by atoms with Crippen molar-refractivity contribution >= 4 is 7.12 Å². The van der Waals surface area contributed by atoms with E-state index in [1.54, 1.807) is 0 Å². The average Bonchev–Trinajstić information content (AvgIpc) is 2.77. The zero-order valence-electron chi connectivity index (χ0n) is 11.4.